The highest BCUT2D eigenvalue weighted by Crippen LogP contribution is 2.32. The van der Waals surface area contributed by atoms with Gasteiger partial charge in [-0.1, -0.05) is 11.6 Å². The summed E-state index contributed by atoms with van der Waals surface area (Å²) in [5, 5.41) is 0.443. The monoisotopic (exact) mass is 516 g/mol. The summed E-state index contributed by atoms with van der Waals surface area (Å²) in [6.45, 7) is 2.19. The van der Waals surface area contributed by atoms with Gasteiger partial charge >= 0.3 is 0 Å². The van der Waals surface area contributed by atoms with E-state index in [1.54, 1.807) is 56.4 Å². The van der Waals surface area contributed by atoms with Gasteiger partial charge in [-0.15, -0.1) is 0 Å². The van der Waals surface area contributed by atoms with Crippen molar-refractivity contribution in [3.8, 4) is 17.2 Å². The zero-order valence-electron chi connectivity index (χ0n) is 19.4. The Morgan fingerprint density at radius 2 is 1.80 bits per heavy atom. The predicted octanol–water partition coefficient (Wildman–Crippen LogP) is 4.47. The van der Waals surface area contributed by atoms with E-state index < -0.39 is 16.1 Å². The van der Waals surface area contributed by atoms with Gasteiger partial charge in [-0.2, -0.15) is 0 Å². The predicted molar refractivity (Wildman–Crippen MR) is 133 cm³/mol. The van der Waals surface area contributed by atoms with Gasteiger partial charge < -0.3 is 19.1 Å². The van der Waals surface area contributed by atoms with Gasteiger partial charge in [0.15, 0.2) is 6.10 Å². The number of ether oxygens (including phenoxy) is 3. The molecule has 1 amide bonds. The first kappa shape index (κ1) is 24.7. The Kier molecular flexibility index (Phi) is 7.09. The number of nitrogens with one attached hydrogen (secondary N) is 1. The molecule has 1 N–H and O–H groups in total. The Hall–Kier alpha value is -3.43. The number of nitrogens with zero attached hydrogens (tertiary/aromatic N) is 1. The highest BCUT2D eigenvalue weighted by molar-refractivity contribution is 7.92. The molecule has 4 rings (SSSR count). The number of benzene rings is 3. The fraction of sp³-hybridized carbons (Fsp3) is 0.240. The molecule has 0 aromatic heterocycles. The molecule has 1 atom stereocenters. The van der Waals surface area contributed by atoms with Crippen molar-refractivity contribution in [3.63, 3.8) is 0 Å². The number of carbonyl (C=O) groups excluding carboxylic acids is 1. The minimum absolute atomic E-state index is 0.0881. The molecule has 0 fully saturated rings. The molecule has 0 unspecified atom stereocenters. The third-order valence-corrected chi connectivity index (χ3v) is 7.27. The zero-order chi connectivity index (χ0) is 25.2. The van der Waals surface area contributed by atoms with Gasteiger partial charge in [-0.3, -0.25) is 9.52 Å². The average Bonchev–Trinajstić information content (AvgIpc) is 2.95. The first-order valence-corrected chi connectivity index (χ1v) is 12.6. The first-order chi connectivity index (χ1) is 16.7. The Balaban J connectivity index is 1.61. The minimum Gasteiger partial charge on any atom is -0.497 e. The number of amides is 1. The fourth-order valence-electron chi connectivity index (χ4n) is 3.81. The summed E-state index contributed by atoms with van der Waals surface area (Å²) in [7, 11) is -0.694. The summed E-state index contributed by atoms with van der Waals surface area (Å²) < 4.78 is 44.8. The molecule has 0 bridgehead atoms. The van der Waals surface area contributed by atoms with Crippen LogP contribution in [0.2, 0.25) is 5.02 Å². The lowest BCUT2D eigenvalue weighted by Gasteiger charge is -2.23. The van der Waals surface area contributed by atoms with Crippen LogP contribution < -0.4 is 18.9 Å². The van der Waals surface area contributed by atoms with Crippen LogP contribution in [0.15, 0.2) is 65.6 Å². The van der Waals surface area contributed by atoms with E-state index >= 15 is 0 Å². The third-order valence-electron chi connectivity index (χ3n) is 5.62. The van der Waals surface area contributed by atoms with E-state index in [-0.39, 0.29) is 23.9 Å². The van der Waals surface area contributed by atoms with Crippen molar-refractivity contribution >= 4 is 33.2 Å². The summed E-state index contributed by atoms with van der Waals surface area (Å²) in [4.78, 5) is 14.8. The summed E-state index contributed by atoms with van der Waals surface area (Å²) in [5.41, 5.74) is 1.83. The summed E-state index contributed by atoms with van der Waals surface area (Å²) in [6, 6.07) is 16.2. The number of halogens is 1. The molecule has 0 spiro atoms. The largest absolute Gasteiger partial charge is 0.497 e. The molecule has 0 saturated heterocycles. The molecule has 3 aromatic carbocycles. The smallest absolute Gasteiger partial charge is 0.263 e. The number of methoxy groups -OCH3 is 2. The number of sulfonamides is 1. The maximum atomic E-state index is 13.1. The number of carbonyl (C=O) groups is 1. The maximum absolute atomic E-state index is 13.1. The fourth-order valence-corrected chi connectivity index (χ4v) is 4.99. The summed E-state index contributed by atoms with van der Waals surface area (Å²) in [5.74, 6) is 1.57. The van der Waals surface area contributed by atoms with E-state index in [1.165, 1.54) is 24.3 Å². The molecule has 1 heterocycles. The second-order valence-corrected chi connectivity index (χ2v) is 10.1. The van der Waals surface area contributed by atoms with Crippen LogP contribution in [-0.4, -0.2) is 39.5 Å². The van der Waals surface area contributed by atoms with Crippen molar-refractivity contribution in [3.05, 3.63) is 76.8 Å². The van der Waals surface area contributed by atoms with Crippen LogP contribution in [0.3, 0.4) is 0 Å². The molecule has 10 heteroatoms. The Labute approximate surface area is 209 Å². The second-order valence-electron chi connectivity index (χ2n) is 8.01. The quantitative estimate of drug-likeness (QED) is 0.498. The molecular formula is C25H25ClN2O6S. The van der Waals surface area contributed by atoms with Gasteiger partial charge in [0.1, 0.15) is 17.2 Å². The zero-order valence-corrected chi connectivity index (χ0v) is 21.0. The van der Waals surface area contributed by atoms with Crippen molar-refractivity contribution < 1.29 is 27.4 Å². The normalized spacial score (nSPS) is 15.6. The minimum atomic E-state index is -3.82. The number of anilines is 1. The second kappa shape index (κ2) is 10.1. The topological polar surface area (TPSA) is 94.2 Å². The van der Waals surface area contributed by atoms with Crippen molar-refractivity contribution in [2.75, 3.05) is 18.9 Å². The van der Waals surface area contributed by atoms with Crippen LogP contribution >= 0.6 is 11.6 Å². The summed E-state index contributed by atoms with van der Waals surface area (Å²) >= 11 is 5.87. The van der Waals surface area contributed by atoms with Gasteiger partial charge in [-0.25, -0.2) is 8.42 Å². The van der Waals surface area contributed by atoms with E-state index in [1.807, 2.05) is 6.07 Å². The van der Waals surface area contributed by atoms with E-state index in [0.29, 0.717) is 33.5 Å². The summed E-state index contributed by atoms with van der Waals surface area (Å²) in [6.07, 6.45) is -0.711. The molecule has 0 saturated carbocycles. The van der Waals surface area contributed by atoms with E-state index in [0.717, 1.165) is 5.56 Å². The highest BCUT2D eigenvalue weighted by atomic mass is 35.5. The van der Waals surface area contributed by atoms with E-state index in [4.69, 9.17) is 25.8 Å². The van der Waals surface area contributed by atoms with Crippen molar-refractivity contribution in [2.24, 2.45) is 0 Å². The van der Waals surface area contributed by atoms with E-state index in [2.05, 4.69) is 4.72 Å². The molecule has 1 aliphatic rings. The van der Waals surface area contributed by atoms with Crippen LogP contribution in [0.5, 0.6) is 17.2 Å². The SMILES string of the molecule is COc1ccc(CN2Cc3cc(NS(=O)(=O)c4ccc(Cl)cc4)ccc3O[C@@H](C)C2=O)c(OC)c1. The number of fused-ring (bicyclic) bond motifs is 1. The highest BCUT2D eigenvalue weighted by Gasteiger charge is 2.29. The Morgan fingerprint density at radius 3 is 2.49 bits per heavy atom. The Bertz CT molecular complexity index is 1340. The molecule has 1 aliphatic heterocycles. The molecular weight excluding hydrogens is 492 g/mol. The van der Waals surface area contributed by atoms with Crippen LogP contribution in [0.25, 0.3) is 0 Å². The molecule has 3 aromatic rings. The lowest BCUT2D eigenvalue weighted by molar-refractivity contribution is -0.138. The van der Waals surface area contributed by atoms with Gasteiger partial charge in [0.05, 0.1) is 19.1 Å². The molecule has 35 heavy (non-hydrogen) atoms. The van der Waals surface area contributed by atoms with Crippen molar-refractivity contribution in [2.45, 2.75) is 31.0 Å². The lowest BCUT2D eigenvalue weighted by atomic mass is 10.1. The maximum Gasteiger partial charge on any atom is 0.263 e. The third kappa shape index (κ3) is 5.47. The van der Waals surface area contributed by atoms with Crippen LogP contribution in [-0.2, 0) is 27.9 Å². The van der Waals surface area contributed by atoms with Gasteiger partial charge in [-0.05, 0) is 61.5 Å². The van der Waals surface area contributed by atoms with Crippen molar-refractivity contribution in [1.82, 2.24) is 4.90 Å². The lowest BCUT2D eigenvalue weighted by Crippen LogP contribution is -2.37. The van der Waals surface area contributed by atoms with Crippen molar-refractivity contribution in [1.29, 1.82) is 0 Å². The molecule has 184 valence electrons. The van der Waals surface area contributed by atoms with Crippen LogP contribution in [0.4, 0.5) is 5.69 Å². The van der Waals surface area contributed by atoms with Crippen LogP contribution in [0, 0.1) is 0 Å². The van der Waals surface area contributed by atoms with Gasteiger partial charge in [0.2, 0.25) is 0 Å². The number of hydrogen-bond acceptors (Lipinski definition) is 6. The average molecular weight is 517 g/mol. The van der Waals surface area contributed by atoms with E-state index in [9.17, 15) is 13.2 Å². The van der Waals surface area contributed by atoms with Crippen LogP contribution in [0.1, 0.15) is 18.1 Å². The molecule has 0 radical (unpaired) electrons. The first-order valence-electron chi connectivity index (χ1n) is 10.8. The number of hydrogen-bond donors (Lipinski definition) is 1. The Morgan fingerprint density at radius 1 is 1.06 bits per heavy atom. The standard InChI is InChI=1S/C25H25ClN2O6S/c1-16-25(29)28(14-17-4-8-21(32-2)13-24(17)33-3)15-18-12-20(7-11-23(18)34-16)27-35(30,31)22-9-5-19(26)6-10-22/h4-13,16,27H,14-15H2,1-3H3/t16-/m0/s1. The van der Waals surface area contributed by atoms with Gasteiger partial charge in [0, 0.05) is 41.0 Å². The molecule has 0 aliphatic carbocycles. The number of rotatable bonds is 7. The van der Waals surface area contributed by atoms with Gasteiger partial charge in [0.25, 0.3) is 15.9 Å². The molecule has 8 nitrogen and oxygen atoms in total.